The first-order chi connectivity index (χ1) is 13.7. The number of carbonyl (C=O) groups excluding carboxylic acids is 1. The molecule has 0 radical (unpaired) electrons. The minimum Gasteiger partial charge on any atom is -0.445 e. The Morgan fingerprint density at radius 3 is 1.89 bits per heavy atom. The van der Waals surface area contributed by atoms with Crippen molar-refractivity contribution in [1.82, 2.24) is 0 Å². The summed E-state index contributed by atoms with van der Waals surface area (Å²) >= 11 is 0. The first-order valence-corrected chi connectivity index (χ1v) is 9.25. The van der Waals surface area contributed by atoms with Crippen LogP contribution < -0.4 is 0 Å². The molecular weight excluding hydrogens is 350 g/mol. The van der Waals surface area contributed by atoms with Crippen molar-refractivity contribution in [3.63, 3.8) is 0 Å². The van der Waals surface area contributed by atoms with E-state index in [2.05, 4.69) is 4.99 Å². The van der Waals surface area contributed by atoms with Crippen LogP contribution in [0.1, 0.15) is 29.5 Å². The van der Waals surface area contributed by atoms with Gasteiger partial charge in [-0.25, -0.2) is 4.79 Å². The fourth-order valence-corrected chi connectivity index (χ4v) is 3.54. The second-order valence-electron chi connectivity index (χ2n) is 6.94. The summed E-state index contributed by atoms with van der Waals surface area (Å²) in [6.45, 7) is 2.10. The summed E-state index contributed by atoms with van der Waals surface area (Å²) < 4.78 is 11.1. The van der Waals surface area contributed by atoms with Crippen LogP contribution in [0.5, 0.6) is 0 Å². The highest BCUT2D eigenvalue weighted by molar-refractivity contribution is 5.98. The summed E-state index contributed by atoms with van der Waals surface area (Å²) in [7, 11) is 0. The predicted molar refractivity (Wildman–Crippen MR) is 108 cm³/mol. The molecule has 4 rings (SSSR count). The molecule has 4 heteroatoms. The Labute approximate surface area is 164 Å². The molecular formula is C24H21NO3. The second-order valence-corrected chi connectivity index (χ2v) is 6.94. The van der Waals surface area contributed by atoms with E-state index in [0.29, 0.717) is 6.61 Å². The summed E-state index contributed by atoms with van der Waals surface area (Å²) in [6.07, 6.45) is 0.0215. The number of nitrogens with zero attached hydrogens (tertiary/aromatic N) is 1. The molecule has 1 aliphatic rings. The van der Waals surface area contributed by atoms with E-state index in [-0.39, 0.29) is 12.0 Å². The normalized spacial score (nSPS) is 18.6. The molecule has 0 saturated carbocycles. The van der Waals surface area contributed by atoms with Crippen LogP contribution >= 0.6 is 0 Å². The Bertz CT molecular complexity index is 931. The third-order valence-electron chi connectivity index (χ3n) is 4.95. The molecule has 1 heterocycles. The van der Waals surface area contributed by atoms with Crippen LogP contribution in [-0.4, -0.2) is 17.6 Å². The maximum Gasteiger partial charge on any atom is 0.393 e. The van der Waals surface area contributed by atoms with Crippen molar-refractivity contribution in [2.75, 3.05) is 0 Å². The zero-order valence-electron chi connectivity index (χ0n) is 15.6. The topological polar surface area (TPSA) is 47.9 Å². The highest BCUT2D eigenvalue weighted by Crippen LogP contribution is 2.41. The molecule has 3 aromatic carbocycles. The lowest BCUT2D eigenvalue weighted by Crippen LogP contribution is -2.38. The van der Waals surface area contributed by atoms with Crippen molar-refractivity contribution in [2.45, 2.75) is 25.0 Å². The molecule has 1 aliphatic heterocycles. The van der Waals surface area contributed by atoms with E-state index in [1.54, 1.807) is 6.92 Å². The summed E-state index contributed by atoms with van der Waals surface area (Å²) in [5, 5.41) is 0. The molecule has 1 unspecified atom stereocenters. The fraction of sp³-hybridized carbons (Fsp3) is 0.167. The van der Waals surface area contributed by atoms with Crippen molar-refractivity contribution < 1.29 is 14.3 Å². The zero-order valence-corrected chi connectivity index (χ0v) is 15.6. The largest absolute Gasteiger partial charge is 0.445 e. The third kappa shape index (κ3) is 3.54. The lowest BCUT2D eigenvalue weighted by molar-refractivity contribution is -0.140. The molecule has 3 aromatic rings. The number of aliphatic imine (C=N–C) groups is 1. The van der Waals surface area contributed by atoms with Gasteiger partial charge in [0.1, 0.15) is 6.61 Å². The molecule has 140 valence electrons. The number of hydrogen-bond acceptors (Lipinski definition) is 4. The van der Waals surface area contributed by atoms with E-state index < -0.39 is 11.5 Å². The molecule has 0 fully saturated rings. The quantitative estimate of drug-likeness (QED) is 0.611. The van der Waals surface area contributed by atoms with Gasteiger partial charge in [0.15, 0.2) is 5.54 Å². The summed E-state index contributed by atoms with van der Waals surface area (Å²) in [4.78, 5) is 17.5. The van der Waals surface area contributed by atoms with E-state index in [1.165, 1.54) is 0 Å². The summed E-state index contributed by atoms with van der Waals surface area (Å²) in [6, 6.07) is 29.5. The number of rotatable bonds is 5. The van der Waals surface area contributed by atoms with Gasteiger partial charge in [-0.1, -0.05) is 91.0 Å². The first kappa shape index (κ1) is 18.0. The number of hydrogen-bond donors (Lipinski definition) is 0. The van der Waals surface area contributed by atoms with Crippen molar-refractivity contribution >= 4 is 12.1 Å². The molecule has 28 heavy (non-hydrogen) atoms. The van der Waals surface area contributed by atoms with E-state index in [1.807, 2.05) is 91.0 Å². The minimum atomic E-state index is -1.10. The average Bonchev–Trinajstić information content (AvgIpc) is 3.03. The summed E-state index contributed by atoms with van der Waals surface area (Å²) in [5.41, 5.74) is 1.88. The zero-order chi connectivity index (χ0) is 19.4. The van der Waals surface area contributed by atoms with Gasteiger partial charge in [-0.2, -0.15) is 4.99 Å². The Morgan fingerprint density at radius 1 is 0.857 bits per heavy atom. The molecule has 0 spiro atoms. The summed E-state index contributed by atoms with van der Waals surface area (Å²) in [5.74, 6) is -0.687. The molecule has 0 aliphatic carbocycles. The fourth-order valence-electron chi connectivity index (χ4n) is 3.54. The molecule has 0 N–H and O–H groups in total. The maximum atomic E-state index is 12.9. The maximum absolute atomic E-state index is 12.9. The number of carbonyl (C=O) groups is 1. The second kappa shape index (κ2) is 7.69. The van der Waals surface area contributed by atoms with Gasteiger partial charge in [0, 0.05) is 5.92 Å². The lowest BCUT2D eigenvalue weighted by Gasteiger charge is -2.28. The van der Waals surface area contributed by atoms with E-state index in [4.69, 9.17) is 9.47 Å². The highest BCUT2D eigenvalue weighted by Gasteiger charge is 2.50. The van der Waals surface area contributed by atoms with Crippen LogP contribution in [0.25, 0.3) is 0 Å². The third-order valence-corrected chi connectivity index (χ3v) is 4.95. The van der Waals surface area contributed by atoms with Gasteiger partial charge in [0.2, 0.25) is 0 Å². The first-order valence-electron chi connectivity index (χ1n) is 9.25. The van der Waals surface area contributed by atoms with Crippen LogP contribution in [0.2, 0.25) is 0 Å². The molecule has 0 amide bonds. The van der Waals surface area contributed by atoms with Gasteiger partial charge < -0.3 is 9.47 Å². The van der Waals surface area contributed by atoms with Crippen LogP contribution in [0, 0.1) is 0 Å². The highest BCUT2D eigenvalue weighted by atomic mass is 16.7. The molecule has 0 bridgehead atoms. The molecule has 1 atom stereocenters. The van der Waals surface area contributed by atoms with Crippen molar-refractivity contribution in [1.29, 1.82) is 0 Å². The Hall–Kier alpha value is -3.40. The van der Waals surface area contributed by atoms with Gasteiger partial charge in [-0.05, 0) is 23.6 Å². The van der Waals surface area contributed by atoms with Crippen molar-refractivity contribution in [3.8, 4) is 0 Å². The van der Waals surface area contributed by atoms with Crippen LogP contribution in [0.3, 0.4) is 0 Å². The lowest BCUT2D eigenvalue weighted by atomic mass is 9.76. The Kier molecular flexibility index (Phi) is 4.94. The molecule has 0 aromatic heterocycles. The Morgan fingerprint density at radius 2 is 1.36 bits per heavy atom. The number of cyclic esters (lactones) is 1. The smallest absolute Gasteiger partial charge is 0.393 e. The standard InChI is InChI=1S/C24H21NO3/c1-24(21(19-13-7-3-8-14-19)20-15-9-4-10-16-20)22(26)28-23(25-24)27-17-18-11-5-2-6-12-18/h2-16,21H,17H2,1H3. The molecule has 0 saturated heterocycles. The van der Waals surface area contributed by atoms with E-state index in [9.17, 15) is 4.79 Å². The van der Waals surface area contributed by atoms with Crippen LogP contribution in [-0.2, 0) is 20.9 Å². The molecule has 4 nitrogen and oxygen atoms in total. The van der Waals surface area contributed by atoms with Crippen LogP contribution in [0.4, 0.5) is 0 Å². The predicted octanol–water partition coefficient (Wildman–Crippen LogP) is 4.71. The minimum absolute atomic E-state index is 0.0215. The monoisotopic (exact) mass is 371 g/mol. The van der Waals surface area contributed by atoms with Gasteiger partial charge >= 0.3 is 12.1 Å². The number of ether oxygens (including phenoxy) is 2. The van der Waals surface area contributed by atoms with Crippen LogP contribution in [0.15, 0.2) is 96.0 Å². The SMILES string of the molecule is CC1(C(c2ccccc2)c2ccccc2)N=C(OCc2ccccc2)OC1=O. The van der Waals surface area contributed by atoms with E-state index >= 15 is 0 Å². The van der Waals surface area contributed by atoms with Gasteiger partial charge in [-0.3, -0.25) is 0 Å². The number of benzene rings is 3. The van der Waals surface area contributed by atoms with Crippen molar-refractivity contribution in [2.24, 2.45) is 4.99 Å². The van der Waals surface area contributed by atoms with Gasteiger partial charge in [0.25, 0.3) is 0 Å². The van der Waals surface area contributed by atoms with E-state index in [0.717, 1.165) is 16.7 Å². The average molecular weight is 371 g/mol. The number of esters is 1. The Balaban J connectivity index is 1.66. The van der Waals surface area contributed by atoms with Gasteiger partial charge in [-0.15, -0.1) is 0 Å². The van der Waals surface area contributed by atoms with Crippen molar-refractivity contribution in [3.05, 3.63) is 108 Å². The van der Waals surface area contributed by atoms with Gasteiger partial charge in [0.05, 0.1) is 0 Å².